The topological polar surface area (TPSA) is 37.3 Å². The molecule has 1 rings (SSSR count). The van der Waals surface area contributed by atoms with Gasteiger partial charge in [-0.1, -0.05) is 22.4 Å². The molecule has 0 aliphatic heterocycles. The van der Waals surface area contributed by atoms with E-state index in [1.807, 2.05) is 0 Å². The van der Waals surface area contributed by atoms with Crippen LogP contribution in [0.3, 0.4) is 0 Å². The van der Waals surface area contributed by atoms with E-state index in [0.29, 0.717) is 5.92 Å². The maximum absolute atomic E-state index is 10.7. The number of hydrogen-bond acceptors (Lipinski definition) is 2. The monoisotopic (exact) mass is 220 g/mol. The molecule has 3 heteroatoms. The van der Waals surface area contributed by atoms with Crippen molar-refractivity contribution in [3.05, 3.63) is 0 Å². The standard InChI is InChI=1S/C8H13BrO2/c1-5(10)8(11)7(9)6-3-2-4-6/h6-8,11H,2-4H2,1H3. The number of Topliss-reactive ketones (excluding diaryl/α,β-unsaturated/α-hetero) is 1. The molecule has 0 radical (unpaired) electrons. The highest BCUT2D eigenvalue weighted by atomic mass is 79.9. The molecule has 0 aromatic heterocycles. The quantitative estimate of drug-likeness (QED) is 0.733. The Kier molecular flexibility index (Phi) is 3.07. The molecule has 64 valence electrons. The number of ketones is 1. The second kappa shape index (κ2) is 3.68. The van der Waals surface area contributed by atoms with Crippen LogP contribution in [0.5, 0.6) is 0 Å². The Bertz CT molecular complexity index is 154. The lowest BCUT2D eigenvalue weighted by molar-refractivity contribution is -0.125. The molecule has 2 unspecified atom stereocenters. The number of carbonyl (C=O) groups excluding carboxylic acids is 1. The van der Waals surface area contributed by atoms with Crippen molar-refractivity contribution in [2.45, 2.75) is 37.1 Å². The molecule has 1 aliphatic carbocycles. The van der Waals surface area contributed by atoms with Crippen LogP contribution in [0, 0.1) is 5.92 Å². The van der Waals surface area contributed by atoms with Gasteiger partial charge < -0.3 is 5.11 Å². The normalized spacial score (nSPS) is 23.9. The summed E-state index contributed by atoms with van der Waals surface area (Å²) in [7, 11) is 0. The maximum Gasteiger partial charge on any atom is 0.159 e. The van der Waals surface area contributed by atoms with E-state index in [0.717, 1.165) is 12.8 Å². The van der Waals surface area contributed by atoms with Gasteiger partial charge in [0.1, 0.15) is 6.10 Å². The molecule has 1 fully saturated rings. The van der Waals surface area contributed by atoms with Gasteiger partial charge in [0.05, 0.1) is 4.83 Å². The molecule has 0 heterocycles. The van der Waals surface area contributed by atoms with Crippen LogP contribution in [0.25, 0.3) is 0 Å². The van der Waals surface area contributed by atoms with Gasteiger partial charge in [0.25, 0.3) is 0 Å². The first-order chi connectivity index (χ1) is 5.13. The third kappa shape index (κ3) is 2.03. The van der Waals surface area contributed by atoms with Crippen LogP contribution in [-0.2, 0) is 4.79 Å². The minimum atomic E-state index is -0.805. The Labute approximate surface area is 75.1 Å². The van der Waals surface area contributed by atoms with Gasteiger partial charge in [-0.3, -0.25) is 4.79 Å². The summed E-state index contributed by atoms with van der Waals surface area (Å²) in [6.07, 6.45) is 2.71. The zero-order valence-electron chi connectivity index (χ0n) is 6.59. The SMILES string of the molecule is CC(=O)C(O)C(Br)C1CCC1. The molecular weight excluding hydrogens is 208 g/mol. The van der Waals surface area contributed by atoms with Crippen molar-refractivity contribution in [3.63, 3.8) is 0 Å². The summed E-state index contributed by atoms with van der Waals surface area (Å²) in [4.78, 5) is 10.7. The fourth-order valence-electron chi connectivity index (χ4n) is 1.24. The summed E-state index contributed by atoms with van der Waals surface area (Å²) in [6, 6.07) is 0. The first-order valence-electron chi connectivity index (χ1n) is 3.95. The third-order valence-electron chi connectivity index (χ3n) is 2.32. The molecule has 0 amide bonds. The van der Waals surface area contributed by atoms with E-state index < -0.39 is 6.10 Å². The number of carbonyl (C=O) groups is 1. The molecule has 1 saturated carbocycles. The van der Waals surface area contributed by atoms with Crippen LogP contribution in [0.1, 0.15) is 26.2 Å². The van der Waals surface area contributed by atoms with Crippen molar-refractivity contribution < 1.29 is 9.90 Å². The average molecular weight is 221 g/mol. The summed E-state index contributed by atoms with van der Waals surface area (Å²) >= 11 is 3.35. The van der Waals surface area contributed by atoms with Crippen LogP contribution in [0.15, 0.2) is 0 Å². The van der Waals surface area contributed by atoms with E-state index in [9.17, 15) is 9.90 Å². The zero-order chi connectivity index (χ0) is 8.43. The van der Waals surface area contributed by atoms with Gasteiger partial charge in [0.15, 0.2) is 5.78 Å². The zero-order valence-corrected chi connectivity index (χ0v) is 8.17. The van der Waals surface area contributed by atoms with Crippen LogP contribution in [0.4, 0.5) is 0 Å². The average Bonchev–Trinajstić information content (AvgIpc) is 1.82. The van der Waals surface area contributed by atoms with Crippen LogP contribution < -0.4 is 0 Å². The summed E-state index contributed by atoms with van der Waals surface area (Å²) in [5.41, 5.74) is 0. The Morgan fingerprint density at radius 1 is 1.64 bits per heavy atom. The molecule has 0 bridgehead atoms. The second-order valence-electron chi connectivity index (χ2n) is 3.19. The van der Waals surface area contributed by atoms with Crippen LogP contribution in [0.2, 0.25) is 0 Å². The van der Waals surface area contributed by atoms with Gasteiger partial charge in [-0.25, -0.2) is 0 Å². The van der Waals surface area contributed by atoms with Crippen molar-refractivity contribution in [1.82, 2.24) is 0 Å². The second-order valence-corrected chi connectivity index (χ2v) is 4.25. The van der Waals surface area contributed by atoms with E-state index in [4.69, 9.17) is 0 Å². The first kappa shape index (κ1) is 9.20. The van der Waals surface area contributed by atoms with Gasteiger partial charge in [-0.05, 0) is 25.7 Å². The van der Waals surface area contributed by atoms with Crippen molar-refractivity contribution in [2.75, 3.05) is 0 Å². The fourth-order valence-corrected chi connectivity index (χ4v) is 2.14. The molecule has 11 heavy (non-hydrogen) atoms. The molecule has 2 atom stereocenters. The molecule has 0 spiro atoms. The van der Waals surface area contributed by atoms with E-state index in [-0.39, 0.29) is 10.6 Å². The largest absolute Gasteiger partial charge is 0.384 e. The molecule has 2 nitrogen and oxygen atoms in total. The highest BCUT2D eigenvalue weighted by Gasteiger charge is 2.32. The number of hydrogen-bond donors (Lipinski definition) is 1. The van der Waals surface area contributed by atoms with E-state index >= 15 is 0 Å². The number of halogens is 1. The molecule has 1 N–H and O–H groups in total. The summed E-state index contributed by atoms with van der Waals surface area (Å²) in [6.45, 7) is 1.43. The number of aliphatic hydroxyl groups excluding tert-OH is 1. The van der Waals surface area contributed by atoms with Crippen molar-refractivity contribution >= 4 is 21.7 Å². The van der Waals surface area contributed by atoms with Gasteiger partial charge in [0.2, 0.25) is 0 Å². The van der Waals surface area contributed by atoms with Crippen molar-refractivity contribution in [3.8, 4) is 0 Å². The Hall–Kier alpha value is 0.110. The van der Waals surface area contributed by atoms with Crippen LogP contribution in [-0.4, -0.2) is 21.8 Å². The fraction of sp³-hybridized carbons (Fsp3) is 0.875. The van der Waals surface area contributed by atoms with Crippen molar-refractivity contribution in [1.29, 1.82) is 0 Å². The smallest absolute Gasteiger partial charge is 0.159 e. The molecule has 0 aromatic carbocycles. The highest BCUT2D eigenvalue weighted by Crippen LogP contribution is 2.35. The van der Waals surface area contributed by atoms with Gasteiger partial charge >= 0.3 is 0 Å². The molecule has 0 aromatic rings. The van der Waals surface area contributed by atoms with Crippen molar-refractivity contribution in [2.24, 2.45) is 5.92 Å². The Morgan fingerprint density at radius 3 is 2.45 bits per heavy atom. The predicted octanol–water partition coefficient (Wildman–Crippen LogP) is 1.50. The maximum atomic E-state index is 10.7. The lowest BCUT2D eigenvalue weighted by Gasteiger charge is -2.31. The van der Waals surface area contributed by atoms with Gasteiger partial charge in [-0.2, -0.15) is 0 Å². The van der Waals surface area contributed by atoms with E-state index in [2.05, 4.69) is 15.9 Å². The Morgan fingerprint density at radius 2 is 2.18 bits per heavy atom. The lowest BCUT2D eigenvalue weighted by atomic mass is 9.81. The minimum Gasteiger partial charge on any atom is -0.384 e. The number of aliphatic hydroxyl groups is 1. The summed E-state index contributed by atoms with van der Waals surface area (Å²) in [5.74, 6) is 0.368. The predicted molar refractivity (Wildman–Crippen MR) is 46.7 cm³/mol. The summed E-state index contributed by atoms with van der Waals surface area (Å²) < 4.78 is 0. The number of rotatable bonds is 3. The summed E-state index contributed by atoms with van der Waals surface area (Å²) in [5, 5.41) is 9.33. The number of alkyl halides is 1. The highest BCUT2D eigenvalue weighted by molar-refractivity contribution is 9.09. The van der Waals surface area contributed by atoms with Gasteiger partial charge in [-0.15, -0.1) is 0 Å². The van der Waals surface area contributed by atoms with E-state index in [1.54, 1.807) is 0 Å². The minimum absolute atomic E-state index is 0.0197. The molecular formula is C8H13BrO2. The first-order valence-corrected chi connectivity index (χ1v) is 4.87. The van der Waals surface area contributed by atoms with Crippen LogP contribution >= 0.6 is 15.9 Å². The molecule has 1 aliphatic rings. The lowest BCUT2D eigenvalue weighted by Crippen LogP contribution is -2.36. The molecule has 0 saturated heterocycles. The van der Waals surface area contributed by atoms with Gasteiger partial charge in [0, 0.05) is 0 Å². The van der Waals surface area contributed by atoms with E-state index in [1.165, 1.54) is 13.3 Å². The Balaban J connectivity index is 2.38. The third-order valence-corrected chi connectivity index (χ3v) is 3.57.